The van der Waals surface area contributed by atoms with Gasteiger partial charge in [-0.1, -0.05) is 23.8 Å². The van der Waals surface area contributed by atoms with Gasteiger partial charge in [-0.15, -0.1) is 0 Å². The van der Waals surface area contributed by atoms with Crippen LogP contribution in [0.15, 0.2) is 24.3 Å². The van der Waals surface area contributed by atoms with Gasteiger partial charge in [0.25, 0.3) is 0 Å². The van der Waals surface area contributed by atoms with Gasteiger partial charge < -0.3 is 4.74 Å². The van der Waals surface area contributed by atoms with Crippen molar-refractivity contribution >= 4 is 12.0 Å². The van der Waals surface area contributed by atoms with Crippen LogP contribution in [0.3, 0.4) is 0 Å². The first-order chi connectivity index (χ1) is 7.78. The minimum absolute atomic E-state index is 0.307. The molecule has 0 aromatic heterocycles. The summed E-state index contributed by atoms with van der Waals surface area (Å²) in [6, 6.07) is 6.15. The topological polar surface area (TPSA) is 26.3 Å². The molecule has 0 fully saturated rings. The van der Waals surface area contributed by atoms with E-state index in [-0.39, 0.29) is 5.97 Å². The van der Waals surface area contributed by atoms with Gasteiger partial charge in [0.1, 0.15) is 5.60 Å². The first kappa shape index (κ1) is 13.5. The van der Waals surface area contributed by atoms with E-state index in [2.05, 4.69) is 12.1 Å². The normalized spacial score (nSPS) is 11.8. The Kier molecular flexibility index (Phi) is 4.11. The highest BCUT2D eigenvalue weighted by Gasteiger charge is 2.13. The number of hydrogen-bond donors (Lipinski definition) is 0. The number of benzene rings is 1. The molecule has 1 rings (SSSR count). The van der Waals surface area contributed by atoms with Gasteiger partial charge in [0, 0.05) is 6.08 Å². The SMILES string of the molecule is Cc1ccc(C)c(/C=C/C(=O)OC(C)(C)C)c1. The van der Waals surface area contributed by atoms with E-state index in [1.165, 1.54) is 11.6 Å². The standard InChI is InChI=1S/C15H20O2/c1-11-6-7-12(2)13(10-11)8-9-14(16)17-15(3,4)5/h6-10H,1-5H3/b9-8+. The fourth-order valence-corrected chi connectivity index (χ4v) is 1.43. The van der Waals surface area contributed by atoms with Gasteiger partial charge in [-0.2, -0.15) is 0 Å². The van der Waals surface area contributed by atoms with E-state index in [1.807, 2.05) is 40.7 Å². The van der Waals surface area contributed by atoms with E-state index < -0.39 is 5.60 Å². The minimum atomic E-state index is -0.441. The second-order valence-corrected chi connectivity index (χ2v) is 5.23. The lowest BCUT2D eigenvalue weighted by Crippen LogP contribution is -2.22. The molecule has 0 saturated carbocycles. The Morgan fingerprint density at radius 3 is 2.47 bits per heavy atom. The van der Waals surface area contributed by atoms with Crippen LogP contribution in [0.25, 0.3) is 6.08 Å². The number of aryl methyl sites for hydroxylation is 2. The van der Waals surface area contributed by atoms with Crippen molar-refractivity contribution in [1.82, 2.24) is 0 Å². The minimum Gasteiger partial charge on any atom is -0.457 e. The van der Waals surface area contributed by atoms with Crippen LogP contribution in [0, 0.1) is 13.8 Å². The number of carbonyl (C=O) groups excluding carboxylic acids is 1. The molecule has 1 aromatic carbocycles. The van der Waals surface area contributed by atoms with Gasteiger partial charge in [0.05, 0.1) is 0 Å². The predicted octanol–water partition coefficient (Wildman–Crippen LogP) is 3.66. The van der Waals surface area contributed by atoms with Crippen molar-refractivity contribution in [3.05, 3.63) is 41.0 Å². The highest BCUT2D eigenvalue weighted by Crippen LogP contribution is 2.13. The molecule has 0 heterocycles. The Balaban J connectivity index is 2.77. The summed E-state index contributed by atoms with van der Waals surface area (Å²) >= 11 is 0. The molecule has 0 aliphatic heterocycles. The van der Waals surface area contributed by atoms with Gasteiger partial charge in [-0.3, -0.25) is 0 Å². The molecule has 0 aliphatic carbocycles. The van der Waals surface area contributed by atoms with Crippen LogP contribution in [0.2, 0.25) is 0 Å². The summed E-state index contributed by atoms with van der Waals surface area (Å²) in [5, 5.41) is 0. The maximum Gasteiger partial charge on any atom is 0.331 e. The third-order valence-electron chi connectivity index (χ3n) is 2.24. The van der Waals surface area contributed by atoms with E-state index in [0.29, 0.717) is 0 Å². The average molecular weight is 232 g/mol. The molecule has 0 atom stereocenters. The lowest BCUT2D eigenvalue weighted by Gasteiger charge is -2.17. The maximum absolute atomic E-state index is 11.5. The van der Waals surface area contributed by atoms with Gasteiger partial charge in [0.15, 0.2) is 0 Å². The number of esters is 1. The molecule has 0 spiro atoms. The van der Waals surface area contributed by atoms with Crippen LogP contribution >= 0.6 is 0 Å². The summed E-state index contributed by atoms with van der Waals surface area (Å²) in [7, 11) is 0. The highest BCUT2D eigenvalue weighted by atomic mass is 16.6. The second-order valence-electron chi connectivity index (χ2n) is 5.23. The maximum atomic E-state index is 11.5. The van der Waals surface area contributed by atoms with Crippen molar-refractivity contribution in [2.24, 2.45) is 0 Å². The zero-order chi connectivity index (χ0) is 13.1. The average Bonchev–Trinajstić information content (AvgIpc) is 2.17. The number of ether oxygens (including phenoxy) is 1. The fourth-order valence-electron chi connectivity index (χ4n) is 1.43. The quantitative estimate of drug-likeness (QED) is 0.574. The number of hydrogen-bond acceptors (Lipinski definition) is 2. The summed E-state index contributed by atoms with van der Waals surface area (Å²) in [5.41, 5.74) is 2.94. The van der Waals surface area contributed by atoms with Crippen molar-refractivity contribution in [3.8, 4) is 0 Å². The highest BCUT2D eigenvalue weighted by molar-refractivity contribution is 5.87. The first-order valence-electron chi connectivity index (χ1n) is 5.76. The molecule has 2 nitrogen and oxygen atoms in total. The summed E-state index contributed by atoms with van der Waals surface area (Å²) in [6.07, 6.45) is 3.28. The van der Waals surface area contributed by atoms with Gasteiger partial charge in [-0.05, 0) is 51.8 Å². The first-order valence-corrected chi connectivity index (χ1v) is 5.76. The molecule has 0 radical (unpaired) electrons. The van der Waals surface area contributed by atoms with Crippen molar-refractivity contribution < 1.29 is 9.53 Å². The van der Waals surface area contributed by atoms with Crippen LogP contribution in [-0.2, 0) is 9.53 Å². The molecule has 1 aromatic rings. The summed E-state index contributed by atoms with van der Waals surface area (Å²) < 4.78 is 5.20. The molecular formula is C15H20O2. The fraction of sp³-hybridized carbons (Fsp3) is 0.400. The van der Waals surface area contributed by atoms with Crippen molar-refractivity contribution in [1.29, 1.82) is 0 Å². The molecule has 0 bridgehead atoms. The Morgan fingerprint density at radius 2 is 1.88 bits per heavy atom. The molecule has 92 valence electrons. The van der Waals surface area contributed by atoms with Crippen LogP contribution in [-0.4, -0.2) is 11.6 Å². The third-order valence-corrected chi connectivity index (χ3v) is 2.24. The second kappa shape index (κ2) is 5.17. The van der Waals surface area contributed by atoms with E-state index in [4.69, 9.17) is 4.74 Å². The third kappa shape index (κ3) is 4.85. The zero-order valence-corrected chi connectivity index (χ0v) is 11.2. The van der Waals surface area contributed by atoms with E-state index in [9.17, 15) is 4.79 Å². The van der Waals surface area contributed by atoms with Crippen LogP contribution < -0.4 is 0 Å². The molecule has 0 unspecified atom stereocenters. The van der Waals surface area contributed by atoms with Crippen LogP contribution in [0.1, 0.15) is 37.5 Å². The zero-order valence-electron chi connectivity index (χ0n) is 11.2. The number of carbonyl (C=O) groups is 1. The van der Waals surface area contributed by atoms with E-state index >= 15 is 0 Å². The Labute approximate surface area is 103 Å². The van der Waals surface area contributed by atoms with Crippen molar-refractivity contribution in [2.45, 2.75) is 40.2 Å². The lowest BCUT2D eigenvalue weighted by molar-refractivity contribution is -0.148. The van der Waals surface area contributed by atoms with Crippen molar-refractivity contribution in [2.75, 3.05) is 0 Å². The largest absolute Gasteiger partial charge is 0.457 e. The summed E-state index contributed by atoms with van der Waals surface area (Å²) in [5.74, 6) is -0.307. The molecule has 0 saturated heterocycles. The monoisotopic (exact) mass is 232 g/mol. The molecule has 0 amide bonds. The summed E-state index contributed by atoms with van der Waals surface area (Å²) in [6.45, 7) is 9.63. The molecular weight excluding hydrogens is 212 g/mol. The Bertz CT molecular complexity index is 437. The van der Waals surface area contributed by atoms with Crippen LogP contribution in [0.5, 0.6) is 0 Å². The molecule has 17 heavy (non-hydrogen) atoms. The smallest absolute Gasteiger partial charge is 0.331 e. The molecule has 0 aliphatic rings. The van der Waals surface area contributed by atoms with Gasteiger partial charge >= 0.3 is 5.97 Å². The Hall–Kier alpha value is -1.57. The Morgan fingerprint density at radius 1 is 1.24 bits per heavy atom. The van der Waals surface area contributed by atoms with Gasteiger partial charge in [-0.25, -0.2) is 4.79 Å². The molecule has 2 heteroatoms. The molecule has 0 N–H and O–H groups in total. The lowest BCUT2D eigenvalue weighted by atomic mass is 10.1. The van der Waals surface area contributed by atoms with Crippen LogP contribution in [0.4, 0.5) is 0 Å². The number of rotatable bonds is 2. The van der Waals surface area contributed by atoms with E-state index in [1.54, 1.807) is 6.08 Å². The van der Waals surface area contributed by atoms with E-state index in [0.717, 1.165) is 11.1 Å². The van der Waals surface area contributed by atoms with Crippen molar-refractivity contribution in [3.63, 3.8) is 0 Å². The van der Waals surface area contributed by atoms with Gasteiger partial charge in [0.2, 0.25) is 0 Å². The summed E-state index contributed by atoms with van der Waals surface area (Å²) in [4.78, 5) is 11.5. The predicted molar refractivity (Wildman–Crippen MR) is 70.8 cm³/mol.